The monoisotopic (exact) mass is 444 g/mol. The molecule has 0 aliphatic carbocycles. The number of carboxylic acids is 1. The summed E-state index contributed by atoms with van der Waals surface area (Å²) in [5, 5.41) is 20.9. The van der Waals surface area contributed by atoms with Crippen molar-refractivity contribution in [1.82, 2.24) is 4.98 Å². The number of hydrogen-bond donors (Lipinski definition) is 3. The van der Waals surface area contributed by atoms with E-state index in [0.717, 1.165) is 12.1 Å². The zero-order valence-electron chi connectivity index (χ0n) is 17.1. The van der Waals surface area contributed by atoms with Gasteiger partial charge in [-0.05, 0) is 60.9 Å². The summed E-state index contributed by atoms with van der Waals surface area (Å²) in [5.74, 6) is -2.24. The predicted octanol–water partition coefficient (Wildman–Crippen LogP) is 4.83. The van der Waals surface area contributed by atoms with E-state index in [1.165, 1.54) is 12.1 Å². The predicted molar refractivity (Wildman–Crippen MR) is 111 cm³/mol. The van der Waals surface area contributed by atoms with Crippen LogP contribution in [0.2, 0.25) is 0 Å². The van der Waals surface area contributed by atoms with E-state index in [0.29, 0.717) is 22.3 Å². The summed E-state index contributed by atoms with van der Waals surface area (Å²) >= 11 is 0. The molecule has 166 valence electrons. The highest BCUT2D eigenvalue weighted by Crippen LogP contribution is 2.34. The van der Waals surface area contributed by atoms with E-state index in [1.54, 1.807) is 38.1 Å². The minimum atomic E-state index is -4.82. The Morgan fingerprint density at radius 3 is 2.25 bits per heavy atom. The first-order valence-electron chi connectivity index (χ1n) is 9.45. The van der Waals surface area contributed by atoms with Crippen LogP contribution in [0.4, 0.5) is 18.9 Å². The third-order valence-corrected chi connectivity index (χ3v) is 4.84. The lowest BCUT2D eigenvalue weighted by Crippen LogP contribution is -2.22. The molecule has 1 heterocycles. The lowest BCUT2D eigenvalue weighted by Gasteiger charge is -2.16. The van der Waals surface area contributed by atoms with Crippen molar-refractivity contribution in [3.05, 3.63) is 82.0 Å². The largest absolute Gasteiger partial charge is 0.478 e. The number of aromatic carboxylic acids is 1. The number of carbonyl (C=O) groups is 2. The number of halogens is 3. The number of aliphatic hydroxyl groups excluding tert-OH is 1. The van der Waals surface area contributed by atoms with Gasteiger partial charge in [-0.1, -0.05) is 18.2 Å². The third kappa shape index (κ3) is 4.78. The van der Waals surface area contributed by atoms with Crippen LogP contribution in [-0.2, 0) is 12.8 Å². The van der Waals surface area contributed by atoms with Gasteiger partial charge in [0.2, 0.25) is 0 Å². The van der Waals surface area contributed by atoms with Gasteiger partial charge in [-0.2, -0.15) is 13.2 Å². The fourth-order valence-corrected chi connectivity index (χ4v) is 3.31. The number of nitrogens with one attached hydrogen (secondary N) is 1. The van der Waals surface area contributed by atoms with Gasteiger partial charge in [0.25, 0.3) is 5.91 Å². The molecule has 1 aromatic heterocycles. The first kappa shape index (κ1) is 23.0. The zero-order chi connectivity index (χ0) is 23.6. The van der Waals surface area contributed by atoms with Crippen LogP contribution >= 0.6 is 0 Å². The van der Waals surface area contributed by atoms with E-state index in [9.17, 15) is 27.9 Å². The number of benzene rings is 2. The second-order valence-electron chi connectivity index (χ2n) is 7.19. The topological polar surface area (TPSA) is 99.5 Å². The van der Waals surface area contributed by atoms with Crippen molar-refractivity contribution in [3.63, 3.8) is 0 Å². The van der Waals surface area contributed by atoms with Crippen molar-refractivity contribution in [2.75, 3.05) is 5.32 Å². The number of aromatic nitrogens is 1. The number of carboxylic acid groups (broad SMARTS) is 1. The lowest BCUT2D eigenvalue weighted by atomic mass is 10.0. The van der Waals surface area contributed by atoms with Crippen LogP contribution in [0.1, 0.15) is 43.1 Å². The molecule has 0 spiro atoms. The van der Waals surface area contributed by atoms with E-state index >= 15 is 0 Å². The number of alkyl halides is 3. The Balaban J connectivity index is 2.07. The van der Waals surface area contributed by atoms with Gasteiger partial charge in [0, 0.05) is 11.3 Å². The normalized spacial score (nSPS) is 11.3. The molecule has 32 heavy (non-hydrogen) atoms. The Bertz CT molecular complexity index is 1180. The number of aryl methyl sites for hydroxylation is 2. The Hall–Kier alpha value is -3.72. The first-order chi connectivity index (χ1) is 15.0. The number of pyridine rings is 1. The first-order valence-corrected chi connectivity index (χ1v) is 9.45. The van der Waals surface area contributed by atoms with Gasteiger partial charge in [0.15, 0.2) is 0 Å². The molecule has 0 unspecified atom stereocenters. The Morgan fingerprint density at radius 2 is 1.69 bits per heavy atom. The fraction of sp³-hybridized carbons (Fsp3) is 0.174. The SMILES string of the molecule is Cc1cc(C(=O)O)cc(C)c1NC(=O)c1nc(-c2cccc(CO)c2)ccc1C(F)(F)F. The summed E-state index contributed by atoms with van der Waals surface area (Å²) in [6, 6.07) is 11.0. The molecule has 1 amide bonds. The van der Waals surface area contributed by atoms with Gasteiger partial charge < -0.3 is 15.5 Å². The number of aliphatic hydroxyl groups is 1. The Labute approximate surface area is 181 Å². The van der Waals surface area contributed by atoms with Crippen LogP contribution < -0.4 is 5.32 Å². The van der Waals surface area contributed by atoms with E-state index in [-0.39, 0.29) is 23.6 Å². The van der Waals surface area contributed by atoms with E-state index < -0.39 is 29.3 Å². The summed E-state index contributed by atoms with van der Waals surface area (Å²) < 4.78 is 40.7. The van der Waals surface area contributed by atoms with Crippen LogP contribution in [0.3, 0.4) is 0 Å². The minimum Gasteiger partial charge on any atom is -0.478 e. The lowest BCUT2D eigenvalue weighted by molar-refractivity contribution is -0.138. The van der Waals surface area contributed by atoms with Gasteiger partial charge in [0.1, 0.15) is 5.69 Å². The molecule has 2 aromatic carbocycles. The van der Waals surface area contributed by atoms with Crippen molar-refractivity contribution in [2.45, 2.75) is 26.6 Å². The molecular weight excluding hydrogens is 425 g/mol. The van der Waals surface area contributed by atoms with Crippen LogP contribution in [0.5, 0.6) is 0 Å². The van der Waals surface area contributed by atoms with Crippen LogP contribution in [0.25, 0.3) is 11.3 Å². The highest BCUT2D eigenvalue weighted by Gasteiger charge is 2.36. The summed E-state index contributed by atoms with van der Waals surface area (Å²) in [7, 11) is 0. The second kappa shape index (κ2) is 8.80. The molecule has 3 rings (SSSR count). The average Bonchev–Trinajstić information content (AvgIpc) is 2.74. The second-order valence-corrected chi connectivity index (χ2v) is 7.19. The van der Waals surface area contributed by atoms with Crippen molar-refractivity contribution in [1.29, 1.82) is 0 Å². The maximum absolute atomic E-state index is 13.6. The average molecular weight is 444 g/mol. The van der Waals surface area contributed by atoms with Gasteiger partial charge in [-0.25, -0.2) is 9.78 Å². The number of rotatable bonds is 5. The molecule has 0 saturated carbocycles. The molecule has 0 radical (unpaired) electrons. The maximum atomic E-state index is 13.6. The maximum Gasteiger partial charge on any atom is 0.418 e. The number of hydrogen-bond acceptors (Lipinski definition) is 4. The van der Waals surface area contributed by atoms with Crippen LogP contribution in [0.15, 0.2) is 48.5 Å². The summed E-state index contributed by atoms with van der Waals surface area (Å²) in [6.07, 6.45) is -4.82. The molecule has 6 nitrogen and oxygen atoms in total. The molecule has 0 aliphatic rings. The standard InChI is InChI=1S/C23H19F3N2O4/c1-12-8-16(22(31)32)9-13(2)19(12)28-21(30)20-17(23(24,25)26)6-7-18(27-20)15-5-3-4-14(10-15)11-29/h3-10,29H,11H2,1-2H3,(H,28,30)(H,31,32). The molecule has 0 bridgehead atoms. The molecule has 9 heteroatoms. The van der Waals surface area contributed by atoms with Crippen LogP contribution in [0, 0.1) is 13.8 Å². The molecule has 3 N–H and O–H groups in total. The zero-order valence-corrected chi connectivity index (χ0v) is 17.1. The molecule has 0 fully saturated rings. The number of anilines is 1. The van der Waals surface area contributed by atoms with Crippen molar-refractivity contribution in [3.8, 4) is 11.3 Å². The molecule has 3 aromatic rings. The molecule has 0 saturated heterocycles. The highest BCUT2D eigenvalue weighted by molar-refractivity contribution is 6.05. The Morgan fingerprint density at radius 1 is 1.03 bits per heavy atom. The highest BCUT2D eigenvalue weighted by atomic mass is 19.4. The smallest absolute Gasteiger partial charge is 0.418 e. The Kier molecular flexibility index (Phi) is 6.31. The van der Waals surface area contributed by atoms with E-state index in [2.05, 4.69) is 10.3 Å². The third-order valence-electron chi connectivity index (χ3n) is 4.84. The van der Waals surface area contributed by atoms with Gasteiger partial charge in [-0.15, -0.1) is 0 Å². The van der Waals surface area contributed by atoms with Crippen LogP contribution in [-0.4, -0.2) is 27.1 Å². The number of amides is 1. The summed E-state index contributed by atoms with van der Waals surface area (Å²) in [6.45, 7) is 2.83. The fourth-order valence-electron chi connectivity index (χ4n) is 3.31. The quantitative estimate of drug-likeness (QED) is 0.524. The van der Waals surface area contributed by atoms with E-state index in [4.69, 9.17) is 5.11 Å². The molecule has 0 atom stereocenters. The van der Waals surface area contributed by atoms with Gasteiger partial charge in [-0.3, -0.25) is 4.79 Å². The number of nitrogens with zero attached hydrogens (tertiary/aromatic N) is 1. The molecular formula is C23H19F3N2O4. The van der Waals surface area contributed by atoms with E-state index in [1.807, 2.05) is 0 Å². The number of carbonyl (C=O) groups excluding carboxylic acids is 1. The summed E-state index contributed by atoms with van der Waals surface area (Å²) in [5.41, 5.74) is 0.0818. The molecule has 0 aliphatic heterocycles. The summed E-state index contributed by atoms with van der Waals surface area (Å²) in [4.78, 5) is 28.1. The van der Waals surface area contributed by atoms with Gasteiger partial charge in [0.05, 0.1) is 23.4 Å². The van der Waals surface area contributed by atoms with Crippen molar-refractivity contribution in [2.24, 2.45) is 0 Å². The van der Waals surface area contributed by atoms with Crippen molar-refractivity contribution < 1.29 is 33.0 Å². The van der Waals surface area contributed by atoms with Crippen molar-refractivity contribution >= 4 is 17.6 Å². The van der Waals surface area contributed by atoms with Gasteiger partial charge >= 0.3 is 12.1 Å². The minimum absolute atomic E-state index is 0.00197.